The predicted octanol–water partition coefficient (Wildman–Crippen LogP) is 1.39. The maximum atomic E-state index is 11.1. The lowest BCUT2D eigenvalue weighted by Crippen LogP contribution is -2.02. The van der Waals surface area contributed by atoms with Crippen molar-refractivity contribution < 1.29 is 13.0 Å². The number of nitrogens with zero attached hydrogens (tertiary/aromatic N) is 2. The van der Waals surface area contributed by atoms with E-state index in [1.807, 2.05) is 0 Å². The molecule has 6 heteroatoms. The van der Waals surface area contributed by atoms with Gasteiger partial charge in [-0.1, -0.05) is 6.07 Å². The topological polar surface area (TPSA) is 80.2 Å². The smallest absolute Gasteiger partial charge is 0.282 e. The summed E-state index contributed by atoms with van der Waals surface area (Å²) in [4.78, 5) is 7.66. The van der Waals surface area contributed by atoms with Gasteiger partial charge in [0.25, 0.3) is 10.1 Å². The molecule has 0 aromatic carbocycles. The van der Waals surface area contributed by atoms with E-state index < -0.39 is 10.1 Å². The van der Waals surface area contributed by atoms with Crippen molar-refractivity contribution >= 4 is 10.1 Å². The van der Waals surface area contributed by atoms with Crippen LogP contribution in [0.25, 0.3) is 11.4 Å². The van der Waals surface area contributed by atoms with Crippen molar-refractivity contribution in [3.05, 3.63) is 42.7 Å². The van der Waals surface area contributed by atoms with Crippen LogP contribution in [0.3, 0.4) is 0 Å². The van der Waals surface area contributed by atoms with Gasteiger partial charge in [0.15, 0.2) is 0 Å². The number of hydrogen-bond donors (Lipinski definition) is 1. The van der Waals surface area contributed by atoms with Crippen molar-refractivity contribution in [2.45, 2.75) is 4.90 Å². The minimum Gasteiger partial charge on any atom is -0.282 e. The average molecular weight is 236 g/mol. The Kier molecular flexibility index (Phi) is 2.67. The normalized spacial score (nSPS) is 11.3. The molecule has 2 aromatic rings. The van der Waals surface area contributed by atoms with E-state index in [4.69, 9.17) is 4.55 Å². The summed E-state index contributed by atoms with van der Waals surface area (Å²) in [6.07, 6.45) is 2.97. The van der Waals surface area contributed by atoms with Gasteiger partial charge in [-0.05, 0) is 24.3 Å². The van der Waals surface area contributed by atoms with E-state index in [0.717, 1.165) is 0 Å². The second kappa shape index (κ2) is 3.99. The zero-order valence-corrected chi connectivity index (χ0v) is 8.92. The second-order valence-corrected chi connectivity index (χ2v) is 4.43. The zero-order valence-electron chi connectivity index (χ0n) is 8.11. The monoisotopic (exact) mass is 236 g/mol. The quantitative estimate of drug-likeness (QED) is 0.797. The highest BCUT2D eigenvalue weighted by atomic mass is 32.2. The lowest BCUT2D eigenvalue weighted by Gasteiger charge is -2.04. The van der Waals surface area contributed by atoms with Gasteiger partial charge in [0.05, 0.1) is 5.69 Å². The maximum Gasteiger partial charge on any atom is 0.296 e. The van der Waals surface area contributed by atoms with Gasteiger partial charge < -0.3 is 0 Å². The summed E-state index contributed by atoms with van der Waals surface area (Å²) in [5.41, 5.74) is 0.543. The van der Waals surface area contributed by atoms with Crippen molar-refractivity contribution in [2.75, 3.05) is 0 Å². The minimum atomic E-state index is -4.28. The lowest BCUT2D eigenvalue weighted by molar-refractivity contribution is 0.483. The largest absolute Gasteiger partial charge is 0.296 e. The first-order valence-electron chi connectivity index (χ1n) is 4.43. The molecule has 0 aliphatic heterocycles. The van der Waals surface area contributed by atoms with E-state index in [1.54, 1.807) is 18.2 Å². The van der Waals surface area contributed by atoms with Gasteiger partial charge in [0, 0.05) is 12.4 Å². The number of aromatic nitrogens is 2. The van der Waals surface area contributed by atoms with E-state index >= 15 is 0 Å². The van der Waals surface area contributed by atoms with Crippen LogP contribution in [-0.4, -0.2) is 22.9 Å². The third-order valence-electron chi connectivity index (χ3n) is 1.96. The molecule has 5 nitrogen and oxygen atoms in total. The molecule has 0 radical (unpaired) electrons. The minimum absolute atomic E-state index is 0.144. The molecule has 0 aliphatic rings. The van der Waals surface area contributed by atoms with Crippen LogP contribution in [0, 0.1) is 0 Å². The molecular formula is C10H8N2O3S. The van der Waals surface area contributed by atoms with Gasteiger partial charge in [-0.25, -0.2) is 0 Å². The summed E-state index contributed by atoms with van der Waals surface area (Å²) in [7, 11) is -4.28. The molecule has 0 saturated carbocycles. The summed E-state index contributed by atoms with van der Waals surface area (Å²) >= 11 is 0. The van der Waals surface area contributed by atoms with E-state index in [0.29, 0.717) is 5.69 Å². The highest BCUT2D eigenvalue weighted by Gasteiger charge is 2.17. The molecule has 0 atom stereocenters. The molecule has 0 saturated heterocycles. The van der Waals surface area contributed by atoms with Crippen molar-refractivity contribution in [3.63, 3.8) is 0 Å². The summed E-state index contributed by atoms with van der Waals surface area (Å²) in [5, 5.41) is 0. The van der Waals surface area contributed by atoms with E-state index in [-0.39, 0.29) is 10.6 Å². The molecule has 16 heavy (non-hydrogen) atoms. The molecular weight excluding hydrogens is 228 g/mol. The highest BCUT2D eigenvalue weighted by Crippen LogP contribution is 2.22. The molecule has 0 unspecified atom stereocenters. The van der Waals surface area contributed by atoms with Crippen molar-refractivity contribution in [3.8, 4) is 11.4 Å². The molecule has 0 fully saturated rings. The van der Waals surface area contributed by atoms with Gasteiger partial charge in [-0.15, -0.1) is 0 Å². The fraction of sp³-hybridized carbons (Fsp3) is 0. The van der Waals surface area contributed by atoms with Crippen molar-refractivity contribution in [2.24, 2.45) is 0 Å². The van der Waals surface area contributed by atoms with Crippen LogP contribution in [0.2, 0.25) is 0 Å². The molecule has 82 valence electrons. The van der Waals surface area contributed by atoms with Gasteiger partial charge in [0.1, 0.15) is 10.6 Å². The third-order valence-corrected chi connectivity index (χ3v) is 2.84. The second-order valence-electron chi connectivity index (χ2n) is 3.04. The Morgan fingerprint density at radius 2 is 1.75 bits per heavy atom. The summed E-state index contributed by atoms with van der Waals surface area (Å²) in [6.45, 7) is 0. The number of hydrogen-bond acceptors (Lipinski definition) is 4. The van der Waals surface area contributed by atoms with Crippen LogP contribution < -0.4 is 0 Å². The van der Waals surface area contributed by atoms with Crippen LogP contribution in [0.1, 0.15) is 0 Å². The predicted molar refractivity (Wildman–Crippen MR) is 57.3 cm³/mol. The first kappa shape index (κ1) is 10.7. The first-order valence-corrected chi connectivity index (χ1v) is 5.87. The van der Waals surface area contributed by atoms with Crippen molar-refractivity contribution in [1.82, 2.24) is 9.97 Å². The molecule has 2 aromatic heterocycles. The Bertz CT molecular complexity index is 596. The Hall–Kier alpha value is -1.79. The maximum absolute atomic E-state index is 11.1. The van der Waals surface area contributed by atoms with Crippen LogP contribution in [-0.2, 0) is 10.1 Å². The van der Waals surface area contributed by atoms with Crippen LogP contribution in [0.15, 0.2) is 47.6 Å². The van der Waals surface area contributed by atoms with E-state index in [2.05, 4.69) is 9.97 Å². The summed E-state index contributed by atoms with van der Waals surface area (Å²) < 4.78 is 31.3. The molecule has 1 N–H and O–H groups in total. The Labute approximate surface area is 92.6 Å². The Morgan fingerprint density at radius 1 is 1.00 bits per heavy atom. The Morgan fingerprint density at radius 3 is 2.38 bits per heavy atom. The highest BCUT2D eigenvalue weighted by molar-refractivity contribution is 7.86. The third kappa shape index (κ3) is 2.07. The number of rotatable bonds is 2. The number of pyridine rings is 2. The van der Waals surface area contributed by atoms with Crippen LogP contribution >= 0.6 is 0 Å². The van der Waals surface area contributed by atoms with Crippen molar-refractivity contribution in [1.29, 1.82) is 0 Å². The van der Waals surface area contributed by atoms with Gasteiger partial charge >= 0.3 is 0 Å². The van der Waals surface area contributed by atoms with Crippen LogP contribution in [0.4, 0.5) is 0 Å². The fourth-order valence-electron chi connectivity index (χ4n) is 1.29. The Balaban J connectivity index is 2.68. The molecule has 0 aliphatic carbocycles. The fourth-order valence-corrected chi connectivity index (χ4v) is 1.95. The molecule has 0 bridgehead atoms. The molecule has 0 amide bonds. The van der Waals surface area contributed by atoms with Crippen LogP contribution in [0.5, 0.6) is 0 Å². The van der Waals surface area contributed by atoms with Gasteiger partial charge in [-0.3, -0.25) is 14.5 Å². The van der Waals surface area contributed by atoms with E-state index in [1.165, 1.54) is 24.5 Å². The average Bonchev–Trinajstić information content (AvgIpc) is 2.29. The SMILES string of the molecule is O=S(=O)(O)c1cccnc1-c1ccccn1. The summed E-state index contributed by atoms with van der Waals surface area (Å²) in [5.74, 6) is 0. The molecule has 2 rings (SSSR count). The van der Waals surface area contributed by atoms with E-state index in [9.17, 15) is 8.42 Å². The summed E-state index contributed by atoms with van der Waals surface area (Å²) in [6, 6.07) is 7.77. The lowest BCUT2D eigenvalue weighted by atomic mass is 10.2. The first-order chi connectivity index (χ1) is 7.59. The van der Waals surface area contributed by atoms with Gasteiger partial charge in [0.2, 0.25) is 0 Å². The zero-order chi connectivity index (χ0) is 11.6. The molecule has 0 spiro atoms. The molecule has 2 heterocycles. The van der Waals surface area contributed by atoms with Gasteiger partial charge in [-0.2, -0.15) is 8.42 Å². The standard InChI is InChI=1S/C10H8N2O3S/c13-16(14,15)9-5-3-7-12-10(9)8-4-1-2-6-11-8/h1-7H,(H,13,14,15).